The van der Waals surface area contributed by atoms with Gasteiger partial charge in [-0.05, 0) is 49.3 Å². The molecule has 2 aromatic rings. The molecular weight excluding hydrogens is 518 g/mol. The van der Waals surface area contributed by atoms with Crippen molar-refractivity contribution in [3.05, 3.63) is 34.8 Å². The van der Waals surface area contributed by atoms with Gasteiger partial charge in [-0.1, -0.05) is 40.5 Å². The third-order valence-electron chi connectivity index (χ3n) is 6.57. The topological polar surface area (TPSA) is 122 Å². The molecule has 1 aliphatic carbocycles. The van der Waals surface area contributed by atoms with Crippen molar-refractivity contribution in [2.24, 2.45) is 11.8 Å². The first-order valence-corrected chi connectivity index (χ1v) is 14.4. The predicted molar refractivity (Wildman–Crippen MR) is 152 cm³/mol. The van der Waals surface area contributed by atoms with E-state index in [-0.39, 0.29) is 11.6 Å². The Morgan fingerprint density at radius 3 is 2.31 bits per heavy atom. The normalized spacial score (nSPS) is 14.3. The summed E-state index contributed by atoms with van der Waals surface area (Å²) in [6.07, 6.45) is 5.08. The Morgan fingerprint density at radius 2 is 1.69 bits per heavy atom. The number of anilines is 1. The minimum atomic E-state index is -0.860. The van der Waals surface area contributed by atoms with Gasteiger partial charge in [-0.3, -0.25) is 25.2 Å². The number of hydrogen-bond acceptors (Lipinski definition) is 8. The number of methoxy groups -OCH3 is 2. The van der Waals surface area contributed by atoms with Crippen LogP contribution in [0.2, 0.25) is 0 Å². The van der Waals surface area contributed by atoms with Gasteiger partial charge in [-0.2, -0.15) is 0 Å². The van der Waals surface area contributed by atoms with Crippen molar-refractivity contribution in [2.75, 3.05) is 25.7 Å². The minimum absolute atomic E-state index is 0.116. The lowest BCUT2D eigenvalue weighted by molar-refractivity contribution is -0.124. The number of thiazole rings is 1. The zero-order chi connectivity index (χ0) is 28.5. The Balaban J connectivity index is 1.64. The molecule has 1 saturated carbocycles. The average molecular weight is 560 g/mol. The van der Waals surface area contributed by atoms with Crippen molar-refractivity contribution in [1.82, 2.24) is 21.2 Å². The number of carbonyl (C=O) groups excluding carboxylic acids is 3. The summed E-state index contributed by atoms with van der Waals surface area (Å²) in [5.74, 6) is 0.0251. The van der Waals surface area contributed by atoms with Crippen LogP contribution >= 0.6 is 11.3 Å². The molecule has 1 heterocycles. The van der Waals surface area contributed by atoms with Crippen LogP contribution in [0.5, 0.6) is 11.5 Å². The number of benzene rings is 1. The van der Waals surface area contributed by atoms with Crippen LogP contribution in [0.15, 0.2) is 23.6 Å². The van der Waals surface area contributed by atoms with Gasteiger partial charge in [0, 0.05) is 23.5 Å². The number of ether oxygens (including phenoxy) is 2. The standard InChI is InChI=1S/C28H41N5O5S/c1-17(2)13-21(29-25(34)19-11-12-23(37-5)24(14-19)38-6)26(35)31-32-27(36)22-16-39-28(30-22)33(15-18(3)4)20-9-7-8-10-20/h11-12,14,16-18,20-21H,7-10,13,15H2,1-6H3,(H,29,34)(H,31,35)(H,32,36). The van der Waals surface area contributed by atoms with E-state index in [9.17, 15) is 14.4 Å². The fourth-order valence-corrected chi connectivity index (χ4v) is 5.57. The summed E-state index contributed by atoms with van der Waals surface area (Å²) in [6.45, 7) is 9.13. The van der Waals surface area contributed by atoms with Gasteiger partial charge < -0.3 is 19.7 Å². The van der Waals surface area contributed by atoms with E-state index < -0.39 is 23.8 Å². The highest BCUT2D eigenvalue weighted by Crippen LogP contribution is 2.31. The van der Waals surface area contributed by atoms with E-state index in [0.717, 1.165) is 24.5 Å². The largest absolute Gasteiger partial charge is 0.493 e. The molecule has 39 heavy (non-hydrogen) atoms. The molecule has 1 aromatic carbocycles. The second-order valence-corrected chi connectivity index (χ2v) is 11.5. The van der Waals surface area contributed by atoms with E-state index in [4.69, 9.17) is 9.47 Å². The van der Waals surface area contributed by atoms with E-state index >= 15 is 0 Å². The maximum Gasteiger partial charge on any atom is 0.289 e. The second kappa shape index (κ2) is 14.2. The van der Waals surface area contributed by atoms with Gasteiger partial charge in [0.1, 0.15) is 11.7 Å². The zero-order valence-corrected chi connectivity index (χ0v) is 24.5. The summed E-state index contributed by atoms with van der Waals surface area (Å²) in [4.78, 5) is 45.7. The van der Waals surface area contributed by atoms with Crippen LogP contribution in [-0.2, 0) is 4.79 Å². The maximum atomic E-state index is 13.0. The summed E-state index contributed by atoms with van der Waals surface area (Å²) in [6, 6.07) is 4.36. The highest BCUT2D eigenvalue weighted by molar-refractivity contribution is 7.14. The Morgan fingerprint density at radius 1 is 1.00 bits per heavy atom. The number of hydrazine groups is 1. The van der Waals surface area contributed by atoms with Crippen molar-refractivity contribution in [3.8, 4) is 11.5 Å². The molecule has 1 aromatic heterocycles. The molecule has 0 saturated heterocycles. The number of aromatic nitrogens is 1. The first kappa shape index (κ1) is 30.2. The van der Waals surface area contributed by atoms with E-state index in [1.54, 1.807) is 23.6 Å². The zero-order valence-electron chi connectivity index (χ0n) is 23.7. The van der Waals surface area contributed by atoms with Gasteiger partial charge in [0.05, 0.1) is 14.2 Å². The van der Waals surface area contributed by atoms with Crippen LogP contribution in [0.25, 0.3) is 0 Å². The first-order valence-electron chi connectivity index (χ1n) is 13.5. The summed E-state index contributed by atoms with van der Waals surface area (Å²) >= 11 is 1.44. The van der Waals surface area contributed by atoms with Crippen LogP contribution in [0.1, 0.15) is 80.6 Å². The van der Waals surface area contributed by atoms with Gasteiger partial charge in [-0.15, -0.1) is 11.3 Å². The van der Waals surface area contributed by atoms with Crippen molar-refractivity contribution < 1.29 is 23.9 Å². The fourth-order valence-electron chi connectivity index (χ4n) is 4.68. The highest BCUT2D eigenvalue weighted by atomic mass is 32.1. The third-order valence-corrected chi connectivity index (χ3v) is 7.45. The quantitative estimate of drug-likeness (QED) is 0.334. The number of rotatable bonds is 12. The summed E-state index contributed by atoms with van der Waals surface area (Å²) in [7, 11) is 3.00. The molecule has 1 unspecified atom stereocenters. The lowest BCUT2D eigenvalue weighted by Crippen LogP contribution is -2.52. The number of carbonyl (C=O) groups is 3. The Kier molecular flexibility index (Phi) is 11.0. The van der Waals surface area contributed by atoms with Crippen LogP contribution in [-0.4, -0.2) is 55.6 Å². The number of amides is 3. The van der Waals surface area contributed by atoms with Crippen molar-refractivity contribution in [2.45, 2.75) is 71.9 Å². The second-order valence-electron chi connectivity index (χ2n) is 10.7. The summed E-state index contributed by atoms with van der Waals surface area (Å²) in [5, 5.41) is 5.30. The molecule has 11 heteroatoms. The SMILES string of the molecule is COc1ccc(C(=O)NC(CC(C)C)C(=O)NNC(=O)c2csc(N(CC(C)C)C3CCCC3)n2)cc1OC. The highest BCUT2D eigenvalue weighted by Gasteiger charge is 2.27. The van der Waals surface area contributed by atoms with E-state index in [0.29, 0.717) is 35.4 Å². The van der Waals surface area contributed by atoms with Crippen LogP contribution < -0.4 is 30.5 Å². The van der Waals surface area contributed by atoms with Crippen molar-refractivity contribution in [1.29, 1.82) is 0 Å². The molecule has 3 rings (SSSR count). The number of hydrogen-bond donors (Lipinski definition) is 3. The Labute approximate surface area is 234 Å². The molecule has 1 fully saturated rings. The molecule has 0 bridgehead atoms. The molecule has 0 radical (unpaired) electrons. The van der Waals surface area contributed by atoms with Crippen LogP contribution in [0, 0.1) is 11.8 Å². The van der Waals surface area contributed by atoms with Gasteiger partial charge in [0.2, 0.25) is 0 Å². The predicted octanol–water partition coefficient (Wildman–Crippen LogP) is 4.17. The van der Waals surface area contributed by atoms with Crippen LogP contribution in [0.4, 0.5) is 5.13 Å². The van der Waals surface area contributed by atoms with Gasteiger partial charge in [-0.25, -0.2) is 4.98 Å². The molecule has 214 valence electrons. The Hall–Kier alpha value is -3.34. The summed E-state index contributed by atoms with van der Waals surface area (Å²) in [5.41, 5.74) is 5.49. The van der Waals surface area contributed by atoms with Gasteiger partial charge in [0.25, 0.3) is 17.7 Å². The van der Waals surface area contributed by atoms with Crippen molar-refractivity contribution in [3.63, 3.8) is 0 Å². The fraction of sp³-hybridized carbons (Fsp3) is 0.571. The molecule has 3 N–H and O–H groups in total. The third kappa shape index (κ3) is 8.32. The lowest BCUT2D eigenvalue weighted by atomic mass is 10.0. The monoisotopic (exact) mass is 559 g/mol. The van der Waals surface area contributed by atoms with Gasteiger partial charge in [0.15, 0.2) is 16.6 Å². The first-order chi connectivity index (χ1) is 18.6. The Bertz CT molecular complexity index is 1130. The molecular formula is C28H41N5O5S. The minimum Gasteiger partial charge on any atom is -0.493 e. The van der Waals surface area contributed by atoms with E-state index in [2.05, 4.69) is 39.9 Å². The lowest BCUT2D eigenvalue weighted by Gasteiger charge is -2.30. The van der Waals surface area contributed by atoms with Crippen LogP contribution in [0.3, 0.4) is 0 Å². The maximum absolute atomic E-state index is 13.0. The molecule has 3 amide bonds. The van der Waals surface area contributed by atoms with E-state index in [1.165, 1.54) is 38.4 Å². The molecule has 10 nitrogen and oxygen atoms in total. The molecule has 1 atom stereocenters. The number of nitrogens with zero attached hydrogens (tertiary/aromatic N) is 2. The molecule has 0 aliphatic heterocycles. The molecule has 1 aliphatic rings. The van der Waals surface area contributed by atoms with Gasteiger partial charge >= 0.3 is 0 Å². The smallest absolute Gasteiger partial charge is 0.289 e. The summed E-state index contributed by atoms with van der Waals surface area (Å²) < 4.78 is 10.5. The van der Waals surface area contributed by atoms with E-state index in [1.807, 2.05) is 13.8 Å². The average Bonchev–Trinajstić information content (AvgIpc) is 3.62. The van der Waals surface area contributed by atoms with Crippen molar-refractivity contribution >= 4 is 34.2 Å². The number of nitrogens with one attached hydrogen (secondary N) is 3. The molecule has 0 spiro atoms.